The van der Waals surface area contributed by atoms with Gasteiger partial charge in [-0.25, -0.2) is 0 Å². The predicted octanol–water partition coefficient (Wildman–Crippen LogP) is 2.36. The largest absolute Gasteiger partial charge is 0.493 e. The van der Waals surface area contributed by atoms with Gasteiger partial charge in [0.15, 0.2) is 11.5 Å². The van der Waals surface area contributed by atoms with Crippen LogP contribution in [-0.4, -0.2) is 37.4 Å². The van der Waals surface area contributed by atoms with E-state index in [9.17, 15) is 4.79 Å². The maximum Gasteiger partial charge on any atom is 0.322 e. The van der Waals surface area contributed by atoms with Crippen LogP contribution in [0.15, 0.2) is 16.5 Å². The Morgan fingerprint density at radius 2 is 1.70 bits per heavy atom. The molecule has 0 bridgehead atoms. The number of methoxy groups -OCH3 is 3. The Morgan fingerprint density at radius 3 is 2.17 bits per heavy atom. The van der Waals surface area contributed by atoms with Gasteiger partial charge in [-0.3, -0.25) is 10.1 Å². The van der Waals surface area contributed by atoms with Crippen molar-refractivity contribution in [2.75, 3.05) is 26.6 Å². The summed E-state index contributed by atoms with van der Waals surface area (Å²) in [5, 5.41) is 10.3. The van der Waals surface area contributed by atoms with Gasteiger partial charge in [-0.15, -0.1) is 5.10 Å². The number of rotatable bonds is 6. The molecule has 1 N–H and O–H groups in total. The van der Waals surface area contributed by atoms with E-state index < -0.39 is 0 Å². The van der Waals surface area contributed by atoms with E-state index in [1.807, 2.05) is 0 Å². The van der Waals surface area contributed by atoms with Gasteiger partial charge in [0.1, 0.15) is 0 Å². The van der Waals surface area contributed by atoms with Crippen LogP contribution in [0.1, 0.15) is 13.8 Å². The van der Waals surface area contributed by atoms with E-state index in [0.29, 0.717) is 22.8 Å². The topological polar surface area (TPSA) is 95.7 Å². The average molecular weight is 321 g/mol. The first kappa shape index (κ1) is 16.6. The average Bonchev–Trinajstić information content (AvgIpc) is 3.01. The van der Waals surface area contributed by atoms with Gasteiger partial charge in [-0.05, 0) is 12.1 Å². The SMILES string of the molecule is COc1cc(-c2nnc(NC(=O)C(C)C)o2)cc(OC)c1OC. The monoisotopic (exact) mass is 321 g/mol. The standard InChI is InChI=1S/C15H19N3O5/c1-8(2)13(19)16-15-18-17-14(23-15)9-6-10(20-3)12(22-5)11(7-9)21-4/h6-8H,1-5H3,(H,16,18,19). The van der Waals surface area contributed by atoms with Crippen molar-refractivity contribution < 1.29 is 23.4 Å². The molecule has 124 valence electrons. The lowest BCUT2D eigenvalue weighted by molar-refractivity contribution is -0.119. The quantitative estimate of drug-likeness (QED) is 0.872. The summed E-state index contributed by atoms with van der Waals surface area (Å²) in [6.07, 6.45) is 0. The molecule has 0 aliphatic heterocycles. The van der Waals surface area contributed by atoms with Gasteiger partial charge in [0.05, 0.1) is 21.3 Å². The summed E-state index contributed by atoms with van der Waals surface area (Å²) in [5.41, 5.74) is 0.581. The molecular formula is C15H19N3O5. The highest BCUT2D eigenvalue weighted by Crippen LogP contribution is 2.41. The summed E-state index contributed by atoms with van der Waals surface area (Å²) >= 11 is 0. The highest BCUT2D eigenvalue weighted by molar-refractivity contribution is 5.90. The molecule has 0 fully saturated rings. The van der Waals surface area contributed by atoms with Gasteiger partial charge in [0.2, 0.25) is 17.5 Å². The Morgan fingerprint density at radius 1 is 1.09 bits per heavy atom. The van der Waals surface area contributed by atoms with Crippen molar-refractivity contribution in [2.45, 2.75) is 13.8 Å². The second kappa shape index (κ2) is 6.99. The third-order valence-electron chi connectivity index (χ3n) is 3.09. The fraction of sp³-hybridized carbons (Fsp3) is 0.400. The van der Waals surface area contributed by atoms with E-state index >= 15 is 0 Å². The first-order chi connectivity index (χ1) is 11.0. The highest BCUT2D eigenvalue weighted by Gasteiger charge is 2.18. The summed E-state index contributed by atoms with van der Waals surface area (Å²) in [4.78, 5) is 11.6. The highest BCUT2D eigenvalue weighted by atomic mass is 16.5. The minimum atomic E-state index is -0.204. The zero-order chi connectivity index (χ0) is 17.0. The second-order valence-corrected chi connectivity index (χ2v) is 4.97. The number of nitrogens with one attached hydrogen (secondary N) is 1. The molecule has 2 aromatic rings. The van der Waals surface area contributed by atoms with Crippen molar-refractivity contribution in [3.8, 4) is 28.7 Å². The first-order valence-electron chi connectivity index (χ1n) is 6.94. The lowest BCUT2D eigenvalue weighted by atomic mass is 10.2. The Bertz CT molecular complexity index is 671. The third kappa shape index (κ3) is 3.53. The molecule has 8 nitrogen and oxygen atoms in total. The van der Waals surface area contributed by atoms with E-state index in [1.54, 1.807) is 26.0 Å². The number of aromatic nitrogens is 2. The van der Waals surface area contributed by atoms with Gasteiger partial charge >= 0.3 is 6.01 Å². The number of ether oxygens (including phenoxy) is 3. The van der Waals surface area contributed by atoms with Crippen molar-refractivity contribution in [1.82, 2.24) is 10.2 Å². The van der Waals surface area contributed by atoms with Crippen molar-refractivity contribution >= 4 is 11.9 Å². The van der Waals surface area contributed by atoms with Crippen molar-refractivity contribution in [3.63, 3.8) is 0 Å². The van der Waals surface area contributed by atoms with Crippen LogP contribution in [0.25, 0.3) is 11.5 Å². The minimum absolute atomic E-state index is 0.0347. The Balaban J connectivity index is 2.35. The number of nitrogens with zero attached hydrogens (tertiary/aromatic N) is 2. The maximum atomic E-state index is 11.6. The van der Waals surface area contributed by atoms with Crippen LogP contribution in [0.4, 0.5) is 6.01 Å². The number of carbonyl (C=O) groups is 1. The molecule has 1 aromatic heterocycles. The molecule has 1 amide bonds. The molecule has 23 heavy (non-hydrogen) atoms. The molecule has 0 atom stereocenters. The second-order valence-electron chi connectivity index (χ2n) is 4.97. The molecule has 8 heteroatoms. The van der Waals surface area contributed by atoms with Crippen molar-refractivity contribution in [2.24, 2.45) is 5.92 Å². The van der Waals surface area contributed by atoms with Gasteiger partial charge in [0, 0.05) is 11.5 Å². The lowest BCUT2D eigenvalue weighted by Crippen LogP contribution is -2.17. The summed E-state index contributed by atoms with van der Waals surface area (Å²) < 4.78 is 21.3. The molecule has 2 rings (SSSR count). The number of hydrogen-bond acceptors (Lipinski definition) is 7. The van der Waals surface area contributed by atoms with Crippen LogP contribution >= 0.6 is 0 Å². The minimum Gasteiger partial charge on any atom is -0.493 e. The molecular weight excluding hydrogens is 302 g/mol. The van der Waals surface area contributed by atoms with Gasteiger partial charge < -0.3 is 18.6 Å². The first-order valence-corrected chi connectivity index (χ1v) is 6.94. The van der Waals surface area contributed by atoms with Crippen molar-refractivity contribution in [3.05, 3.63) is 12.1 Å². The summed E-state index contributed by atoms with van der Waals surface area (Å²) in [6.45, 7) is 3.54. The molecule has 0 saturated heterocycles. The van der Waals surface area contributed by atoms with Crippen molar-refractivity contribution in [1.29, 1.82) is 0 Å². The number of amides is 1. The predicted molar refractivity (Wildman–Crippen MR) is 82.9 cm³/mol. The molecule has 0 aliphatic carbocycles. The number of benzene rings is 1. The van der Waals surface area contributed by atoms with Crippen LogP contribution in [0.2, 0.25) is 0 Å². The molecule has 0 saturated carbocycles. The molecule has 0 radical (unpaired) electrons. The Labute approximate surface area is 133 Å². The fourth-order valence-corrected chi connectivity index (χ4v) is 1.84. The number of carbonyl (C=O) groups excluding carboxylic acids is 1. The summed E-state index contributed by atoms with van der Waals surface area (Å²) in [5.74, 6) is 1.23. The van der Waals surface area contributed by atoms with Gasteiger partial charge in [-0.1, -0.05) is 18.9 Å². The summed E-state index contributed by atoms with van der Waals surface area (Å²) in [6, 6.07) is 3.40. The normalized spacial score (nSPS) is 10.5. The zero-order valence-electron chi connectivity index (χ0n) is 13.7. The lowest BCUT2D eigenvalue weighted by Gasteiger charge is -2.12. The van der Waals surface area contributed by atoms with E-state index in [1.165, 1.54) is 21.3 Å². The molecule has 0 aliphatic rings. The maximum absolute atomic E-state index is 11.6. The molecule has 0 unspecified atom stereocenters. The van der Waals surface area contributed by atoms with Gasteiger partial charge in [0.25, 0.3) is 0 Å². The third-order valence-corrected chi connectivity index (χ3v) is 3.09. The van der Waals surface area contributed by atoms with Crippen LogP contribution in [-0.2, 0) is 4.79 Å². The van der Waals surface area contributed by atoms with E-state index in [2.05, 4.69) is 15.5 Å². The van der Waals surface area contributed by atoms with Crippen LogP contribution in [0, 0.1) is 5.92 Å². The molecule has 0 spiro atoms. The Hall–Kier alpha value is -2.77. The van der Waals surface area contributed by atoms with Crippen LogP contribution in [0.3, 0.4) is 0 Å². The van der Waals surface area contributed by atoms with E-state index in [-0.39, 0.29) is 23.7 Å². The number of hydrogen-bond donors (Lipinski definition) is 1. The van der Waals surface area contributed by atoms with Crippen LogP contribution in [0.5, 0.6) is 17.2 Å². The summed E-state index contributed by atoms with van der Waals surface area (Å²) in [7, 11) is 4.55. The molecule has 1 heterocycles. The zero-order valence-corrected chi connectivity index (χ0v) is 13.7. The van der Waals surface area contributed by atoms with E-state index in [0.717, 1.165) is 0 Å². The van der Waals surface area contributed by atoms with Gasteiger partial charge in [-0.2, -0.15) is 0 Å². The van der Waals surface area contributed by atoms with Crippen LogP contribution < -0.4 is 19.5 Å². The number of anilines is 1. The Kier molecular flexibility index (Phi) is 5.05. The smallest absolute Gasteiger partial charge is 0.322 e. The fourth-order valence-electron chi connectivity index (χ4n) is 1.84. The van der Waals surface area contributed by atoms with E-state index in [4.69, 9.17) is 18.6 Å². The molecule has 1 aromatic carbocycles.